The van der Waals surface area contributed by atoms with Gasteiger partial charge < -0.3 is 70.2 Å². The molecule has 24 heteroatoms. The third kappa shape index (κ3) is 22.7. The van der Waals surface area contributed by atoms with Gasteiger partial charge in [-0.1, -0.05) is 58.4 Å². The summed E-state index contributed by atoms with van der Waals surface area (Å²) in [5.74, 6) is -9.75. The number of primary amides is 3. The SMILES string of the molecule is C=CCCC[C@H](NC(=O)[C@H](CC(N)=O)NC(=O)[C@H](CCC(N)=O)NC(=O)[C@@H](NC(=O)[C@H](Cc1ccc(O)cc1)NC(=O)[C@@H](N)CCCC=C)[C@@H](C)CC)C(=O)N1CCC[C@H]1C(=O)N[C@@H](CC(C)C)C(=O)NCC(N)=O. The molecule has 0 bridgehead atoms. The van der Waals surface area contributed by atoms with Gasteiger partial charge in [-0.05, 0) is 93.7 Å². The maximum atomic E-state index is 14.3. The van der Waals surface area contributed by atoms with Crippen molar-refractivity contribution in [2.75, 3.05) is 13.1 Å². The molecule has 416 valence electrons. The first-order valence-electron chi connectivity index (χ1n) is 25.4. The van der Waals surface area contributed by atoms with Gasteiger partial charge >= 0.3 is 0 Å². The molecule has 24 nitrogen and oxygen atoms in total. The van der Waals surface area contributed by atoms with Gasteiger partial charge in [-0.2, -0.15) is 0 Å². The fourth-order valence-electron chi connectivity index (χ4n) is 8.19. The molecule has 16 N–H and O–H groups in total. The Morgan fingerprint density at radius 1 is 0.680 bits per heavy atom. The molecule has 0 saturated carbocycles. The van der Waals surface area contributed by atoms with Crippen molar-refractivity contribution in [3.63, 3.8) is 0 Å². The Labute approximate surface area is 438 Å². The van der Waals surface area contributed by atoms with E-state index < -0.39 is 145 Å². The molecule has 1 heterocycles. The first-order valence-corrected chi connectivity index (χ1v) is 25.4. The summed E-state index contributed by atoms with van der Waals surface area (Å²) >= 11 is 0. The number of nitrogens with two attached hydrogens (primary N) is 4. The van der Waals surface area contributed by atoms with Crippen molar-refractivity contribution in [2.24, 2.45) is 34.8 Å². The second-order valence-corrected chi connectivity index (χ2v) is 19.3. The molecule has 1 aromatic rings. The van der Waals surface area contributed by atoms with E-state index in [0.29, 0.717) is 50.5 Å². The third-order valence-electron chi connectivity index (χ3n) is 12.5. The van der Waals surface area contributed by atoms with Crippen molar-refractivity contribution in [3.8, 4) is 5.75 Å². The lowest BCUT2D eigenvalue weighted by atomic mass is 9.96. The number of allylic oxidation sites excluding steroid dienone is 2. The highest BCUT2D eigenvalue weighted by molar-refractivity contribution is 5.99. The van der Waals surface area contributed by atoms with E-state index in [1.165, 1.54) is 17.0 Å². The molecule has 2 rings (SSSR count). The van der Waals surface area contributed by atoms with Crippen LogP contribution in [0, 0.1) is 11.8 Å². The van der Waals surface area contributed by atoms with Gasteiger partial charge in [-0.25, -0.2) is 0 Å². The molecule has 0 radical (unpaired) electrons. The van der Waals surface area contributed by atoms with Crippen molar-refractivity contribution in [1.82, 2.24) is 42.1 Å². The molecule has 0 aromatic heterocycles. The number of phenolic OH excluding ortho intramolecular Hbond substituents is 1. The highest BCUT2D eigenvalue weighted by atomic mass is 16.3. The van der Waals surface area contributed by atoms with E-state index in [2.05, 4.69) is 50.4 Å². The van der Waals surface area contributed by atoms with Crippen molar-refractivity contribution in [3.05, 3.63) is 55.1 Å². The molecule has 11 amide bonds. The summed E-state index contributed by atoms with van der Waals surface area (Å²) < 4.78 is 0. The van der Waals surface area contributed by atoms with Gasteiger partial charge in [0.25, 0.3) is 0 Å². The zero-order chi connectivity index (χ0) is 56.4. The van der Waals surface area contributed by atoms with Gasteiger partial charge in [0, 0.05) is 19.4 Å². The molecular weight excluding hydrogens is 973 g/mol. The fourth-order valence-corrected chi connectivity index (χ4v) is 8.19. The lowest BCUT2D eigenvalue weighted by molar-refractivity contribution is -0.143. The molecule has 9 atom stereocenters. The monoisotopic (exact) mass is 1050 g/mol. The van der Waals surface area contributed by atoms with Gasteiger partial charge in [-0.15, -0.1) is 13.2 Å². The Morgan fingerprint density at radius 2 is 1.25 bits per heavy atom. The minimum absolute atomic E-state index is 0.0200. The Hall–Kier alpha value is -7.37. The van der Waals surface area contributed by atoms with Gasteiger partial charge in [0.05, 0.1) is 19.0 Å². The number of carbonyl (C=O) groups is 11. The van der Waals surface area contributed by atoms with Crippen LogP contribution in [0.2, 0.25) is 0 Å². The van der Waals surface area contributed by atoms with Gasteiger partial charge in [0.15, 0.2) is 0 Å². The number of aromatic hydroxyl groups is 1. The smallest absolute Gasteiger partial charge is 0.245 e. The quantitative estimate of drug-likeness (QED) is 0.0279. The summed E-state index contributed by atoms with van der Waals surface area (Å²) in [7, 11) is 0. The van der Waals surface area contributed by atoms with Crippen molar-refractivity contribution >= 4 is 65.0 Å². The summed E-state index contributed by atoms with van der Waals surface area (Å²) in [4.78, 5) is 148. The van der Waals surface area contributed by atoms with Crippen LogP contribution in [0.15, 0.2) is 49.6 Å². The van der Waals surface area contributed by atoms with Gasteiger partial charge in [-0.3, -0.25) is 52.7 Å². The van der Waals surface area contributed by atoms with E-state index in [-0.39, 0.29) is 43.9 Å². The number of benzene rings is 1. The maximum Gasteiger partial charge on any atom is 0.245 e. The normalized spacial score (nSPS) is 16.2. The van der Waals surface area contributed by atoms with Crippen molar-refractivity contribution in [1.29, 1.82) is 0 Å². The van der Waals surface area contributed by atoms with Crippen molar-refractivity contribution in [2.45, 2.75) is 166 Å². The molecular formula is C51H80N12O12. The number of unbranched alkanes of at least 4 members (excludes halogenated alkanes) is 2. The average Bonchev–Trinajstić information content (AvgIpc) is 3.85. The number of nitrogens with zero attached hydrogens (tertiary/aromatic N) is 1. The predicted molar refractivity (Wildman–Crippen MR) is 278 cm³/mol. The summed E-state index contributed by atoms with van der Waals surface area (Å²) in [6.45, 7) is 14.1. The Morgan fingerprint density at radius 3 is 1.83 bits per heavy atom. The molecule has 0 unspecified atom stereocenters. The second-order valence-electron chi connectivity index (χ2n) is 19.3. The minimum atomic E-state index is -1.75. The molecule has 1 fully saturated rings. The van der Waals surface area contributed by atoms with E-state index in [1.807, 2.05) is 13.8 Å². The predicted octanol–water partition coefficient (Wildman–Crippen LogP) is -1.29. The Balaban J connectivity index is 2.43. The van der Waals surface area contributed by atoms with E-state index in [9.17, 15) is 57.8 Å². The van der Waals surface area contributed by atoms with E-state index in [4.69, 9.17) is 22.9 Å². The standard InChI is InChI=1S/C51H80N12O12/c1-7-10-12-15-33(52)44(68)59-37(26-31-18-20-32(64)21-19-31)48(72)62-43(30(6)9-3)50(74)57-34(22-23-40(53)65)46(70)60-38(27-41(54)66)47(71)58-35(16-13-11-8-2)51(75)63-24-14-17-39(63)49(73)61-36(25-29(4)5)45(69)56-28-42(55)67/h7-8,18-21,29-30,33-39,43,64H,1-2,9-17,22-28,52H2,3-6H3,(H2,53,65)(H2,54,66)(H2,55,67)(H,56,69)(H,57,74)(H,58,71)(H,59,68)(H,60,70)(H,61,73)(H,62,72)/t30-,33-,34-,35-,36-,37-,38-,39-,43-/m0/s1. The molecule has 0 aliphatic carbocycles. The summed E-state index contributed by atoms with van der Waals surface area (Å²) in [5.41, 5.74) is 22.9. The van der Waals surface area contributed by atoms with Crippen LogP contribution >= 0.6 is 0 Å². The summed E-state index contributed by atoms with van der Waals surface area (Å²) in [6, 6.07) is -4.49. The highest BCUT2D eigenvalue weighted by Crippen LogP contribution is 2.22. The zero-order valence-electron chi connectivity index (χ0n) is 43.7. The average molecular weight is 1050 g/mol. The second kappa shape index (κ2) is 32.7. The lowest BCUT2D eigenvalue weighted by Gasteiger charge is -2.31. The van der Waals surface area contributed by atoms with Crippen LogP contribution in [-0.4, -0.2) is 136 Å². The van der Waals surface area contributed by atoms with Crippen LogP contribution < -0.4 is 60.2 Å². The molecule has 1 saturated heterocycles. The largest absolute Gasteiger partial charge is 0.508 e. The van der Waals surface area contributed by atoms with Crippen LogP contribution in [-0.2, 0) is 59.2 Å². The van der Waals surface area contributed by atoms with Gasteiger partial charge in [0.2, 0.25) is 65.0 Å². The number of nitrogens with one attached hydrogen (secondary N) is 7. The van der Waals surface area contributed by atoms with E-state index in [1.54, 1.807) is 38.1 Å². The molecule has 1 aromatic carbocycles. The first-order chi connectivity index (χ1) is 35.4. The summed E-state index contributed by atoms with van der Waals surface area (Å²) in [6.07, 6.45) is 4.91. The Kier molecular flexibility index (Phi) is 27.8. The number of likely N-dealkylation sites (tertiary alicyclic amines) is 1. The number of hydrogen-bond acceptors (Lipinski definition) is 13. The molecule has 0 spiro atoms. The minimum Gasteiger partial charge on any atom is -0.508 e. The van der Waals surface area contributed by atoms with Crippen molar-refractivity contribution < 1.29 is 57.8 Å². The fraction of sp³-hybridized carbons (Fsp3) is 0.588. The topological polar surface area (TPSA) is 400 Å². The van der Waals surface area contributed by atoms with Crippen LogP contribution in [0.1, 0.15) is 117 Å². The maximum absolute atomic E-state index is 14.3. The lowest BCUT2D eigenvalue weighted by Crippen LogP contribution is -2.61. The van der Waals surface area contributed by atoms with E-state index in [0.717, 1.165) is 0 Å². The number of rotatable bonds is 35. The number of hydrogen-bond donors (Lipinski definition) is 12. The first kappa shape index (κ1) is 63.7. The van der Waals surface area contributed by atoms with Crippen LogP contribution in [0.4, 0.5) is 0 Å². The number of carbonyl (C=O) groups excluding carboxylic acids is 11. The zero-order valence-corrected chi connectivity index (χ0v) is 43.7. The highest BCUT2D eigenvalue weighted by Gasteiger charge is 2.40. The van der Waals surface area contributed by atoms with Gasteiger partial charge in [0.1, 0.15) is 48.0 Å². The van der Waals surface area contributed by atoms with Crippen LogP contribution in [0.5, 0.6) is 5.75 Å². The van der Waals surface area contributed by atoms with Crippen LogP contribution in [0.25, 0.3) is 0 Å². The van der Waals surface area contributed by atoms with Crippen LogP contribution in [0.3, 0.4) is 0 Å². The third-order valence-corrected chi connectivity index (χ3v) is 12.5. The Bertz CT molecular complexity index is 2170. The molecule has 1 aliphatic heterocycles. The van der Waals surface area contributed by atoms with E-state index >= 15 is 0 Å². The summed E-state index contributed by atoms with van der Waals surface area (Å²) in [5, 5.41) is 27.8. The molecule has 75 heavy (non-hydrogen) atoms. The number of phenols is 1. The molecule has 1 aliphatic rings. The number of amides is 11.